The van der Waals surface area contributed by atoms with Gasteiger partial charge in [-0.15, -0.1) is 11.8 Å². The highest BCUT2D eigenvalue weighted by Crippen LogP contribution is 2.28. The van der Waals surface area contributed by atoms with E-state index in [-0.39, 0.29) is 5.82 Å². The summed E-state index contributed by atoms with van der Waals surface area (Å²) in [6, 6.07) is 5.68. The van der Waals surface area contributed by atoms with Crippen molar-refractivity contribution in [2.45, 2.75) is 50.3 Å². The molecule has 0 aliphatic carbocycles. The summed E-state index contributed by atoms with van der Waals surface area (Å²) in [5.74, 6) is 0.795. The molecule has 1 heterocycles. The topological polar surface area (TPSA) is 21.3 Å². The molecule has 106 valence electrons. The third-order valence-electron chi connectivity index (χ3n) is 3.21. The summed E-state index contributed by atoms with van der Waals surface area (Å²) in [5, 5.41) is 3.29. The maximum atomic E-state index is 13.9. The smallest absolute Gasteiger partial charge is 0.128 e. The van der Waals surface area contributed by atoms with Crippen molar-refractivity contribution in [2.75, 3.05) is 12.4 Å². The van der Waals surface area contributed by atoms with Gasteiger partial charge in [0.2, 0.25) is 0 Å². The van der Waals surface area contributed by atoms with Crippen LogP contribution in [0.4, 0.5) is 4.39 Å². The van der Waals surface area contributed by atoms with Crippen LogP contribution in [0.1, 0.15) is 32.3 Å². The zero-order valence-corrected chi connectivity index (χ0v) is 12.4. The van der Waals surface area contributed by atoms with Gasteiger partial charge in [0.25, 0.3) is 0 Å². The number of rotatable bonds is 6. The van der Waals surface area contributed by atoms with Crippen LogP contribution in [0, 0.1) is 5.82 Å². The van der Waals surface area contributed by atoms with Gasteiger partial charge in [-0.3, -0.25) is 0 Å². The molecular formula is C15H22FNOS. The minimum absolute atomic E-state index is 0.120. The number of nitrogens with one attached hydrogen (secondary N) is 1. The van der Waals surface area contributed by atoms with E-state index in [1.54, 1.807) is 17.8 Å². The molecule has 0 amide bonds. The molecule has 1 aromatic carbocycles. The molecule has 2 nitrogen and oxygen atoms in total. The van der Waals surface area contributed by atoms with Gasteiger partial charge < -0.3 is 10.1 Å². The van der Waals surface area contributed by atoms with Crippen LogP contribution in [0.2, 0.25) is 0 Å². The van der Waals surface area contributed by atoms with E-state index in [1.807, 2.05) is 6.07 Å². The van der Waals surface area contributed by atoms with E-state index >= 15 is 0 Å². The maximum Gasteiger partial charge on any atom is 0.128 e. The molecule has 1 aliphatic heterocycles. The van der Waals surface area contributed by atoms with Gasteiger partial charge in [0, 0.05) is 35.4 Å². The van der Waals surface area contributed by atoms with Gasteiger partial charge in [-0.25, -0.2) is 4.39 Å². The molecule has 1 saturated heterocycles. The third-order valence-corrected chi connectivity index (χ3v) is 4.44. The fourth-order valence-corrected chi connectivity index (χ4v) is 3.26. The number of ether oxygens (including phenoxy) is 1. The van der Waals surface area contributed by atoms with Gasteiger partial charge in [-0.2, -0.15) is 0 Å². The first kappa shape index (κ1) is 14.8. The lowest BCUT2D eigenvalue weighted by Gasteiger charge is -2.14. The fraction of sp³-hybridized carbons (Fsp3) is 0.600. The summed E-state index contributed by atoms with van der Waals surface area (Å²) in [4.78, 5) is 1.03. The number of hydrogen-bond donors (Lipinski definition) is 1. The minimum atomic E-state index is -0.120. The lowest BCUT2D eigenvalue weighted by molar-refractivity contribution is 0.129. The van der Waals surface area contributed by atoms with Gasteiger partial charge in [0.05, 0.1) is 6.10 Å². The van der Waals surface area contributed by atoms with Crippen molar-refractivity contribution >= 4 is 11.8 Å². The highest BCUT2D eigenvalue weighted by atomic mass is 32.2. The number of benzene rings is 1. The Bertz CT molecular complexity index is 405. The van der Waals surface area contributed by atoms with E-state index in [9.17, 15) is 4.39 Å². The number of halogens is 1. The number of hydrogen-bond acceptors (Lipinski definition) is 3. The fourth-order valence-electron chi connectivity index (χ4n) is 2.11. The van der Waals surface area contributed by atoms with Crippen LogP contribution in [0.25, 0.3) is 0 Å². The zero-order chi connectivity index (χ0) is 13.7. The lowest BCUT2D eigenvalue weighted by Crippen LogP contribution is -2.23. The predicted molar refractivity (Wildman–Crippen MR) is 78.1 cm³/mol. The second-order valence-electron chi connectivity index (χ2n) is 5.20. The van der Waals surface area contributed by atoms with E-state index in [4.69, 9.17) is 4.74 Å². The second kappa shape index (κ2) is 7.27. The van der Waals surface area contributed by atoms with E-state index in [2.05, 4.69) is 19.2 Å². The monoisotopic (exact) mass is 283 g/mol. The van der Waals surface area contributed by atoms with Crippen LogP contribution in [-0.4, -0.2) is 24.5 Å². The Morgan fingerprint density at radius 1 is 1.47 bits per heavy atom. The molecule has 1 aromatic rings. The molecule has 2 rings (SSSR count). The van der Waals surface area contributed by atoms with E-state index < -0.39 is 0 Å². The average molecular weight is 283 g/mol. The lowest BCUT2D eigenvalue weighted by atomic mass is 10.2. The Labute approximate surface area is 119 Å². The van der Waals surface area contributed by atoms with E-state index in [1.165, 1.54) is 6.07 Å². The summed E-state index contributed by atoms with van der Waals surface area (Å²) >= 11 is 1.71. The maximum absolute atomic E-state index is 13.9. The highest BCUT2D eigenvalue weighted by molar-refractivity contribution is 7.99. The second-order valence-corrected chi connectivity index (χ2v) is 6.26. The van der Waals surface area contributed by atoms with E-state index in [0.29, 0.717) is 18.7 Å². The summed E-state index contributed by atoms with van der Waals surface area (Å²) in [7, 11) is 0. The standard InChI is InChI=1S/C15H22FNOS/c1-11(2)17-9-13-14(16)6-3-7-15(13)19-10-12-5-4-8-18-12/h3,6-7,11-12,17H,4-5,8-10H2,1-2H3. The molecular weight excluding hydrogens is 261 g/mol. The van der Waals surface area contributed by atoms with Crippen LogP contribution < -0.4 is 5.32 Å². The first-order valence-electron chi connectivity index (χ1n) is 6.92. The molecule has 1 atom stereocenters. The molecule has 0 bridgehead atoms. The average Bonchev–Trinajstić information content (AvgIpc) is 2.88. The molecule has 0 saturated carbocycles. The predicted octanol–water partition coefficient (Wildman–Crippen LogP) is 3.59. The van der Waals surface area contributed by atoms with Crippen LogP contribution in [-0.2, 0) is 11.3 Å². The minimum Gasteiger partial charge on any atom is -0.377 e. The Hall–Kier alpha value is -0.580. The van der Waals surface area contributed by atoms with Crippen molar-refractivity contribution in [3.05, 3.63) is 29.6 Å². The van der Waals surface area contributed by atoms with Gasteiger partial charge in [0.15, 0.2) is 0 Å². The molecule has 19 heavy (non-hydrogen) atoms. The SMILES string of the molecule is CC(C)NCc1c(F)cccc1SCC1CCCO1. The summed E-state index contributed by atoms with van der Waals surface area (Å²) in [6.45, 7) is 5.59. The van der Waals surface area contributed by atoms with Gasteiger partial charge >= 0.3 is 0 Å². The summed E-state index contributed by atoms with van der Waals surface area (Å²) in [6.07, 6.45) is 2.61. The third kappa shape index (κ3) is 4.48. The van der Waals surface area contributed by atoms with Crippen LogP contribution in [0.5, 0.6) is 0 Å². The molecule has 0 spiro atoms. The van der Waals surface area contributed by atoms with Crippen molar-refractivity contribution in [3.63, 3.8) is 0 Å². The first-order chi connectivity index (χ1) is 9.16. The Morgan fingerprint density at radius 2 is 2.32 bits per heavy atom. The normalized spacial score (nSPS) is 19.3. The Kier molecular flexibility index (Phi) is 5.67. The molecule has 1 aliphatic rings. The van der Waals surface area contributed by atoms with Crippen molar-refractivity contribution in [1.29, 1.82) is 0 Å². The summed E-state index contributed by atoms with van der Waals surface area (Å²) < 4.78 is 19.5. The molecule has 1 fully saturated rings. The first-order valence-corrected chi connectivity index (χ1v) is 7.90. The van der Waals surface area contributed by atoms with Gasteiger partial charge in [0.1, 0.15) is 5.82 Å². The van der Waals surface area contributed by atoms with E-state index in [0.717, 1.165) is 35.7 Å². The molecule has 4 heteroatoms. The van der Waals surface area contributed by atoms with Crippen LogP contribution in [0.15, 0.2) is 23.1 Å². The zero-order valence-electron chi connectivity index (χ0n) is 11.6. The molecule has 0 aromatic heterocycles. The van der Waals surface area contributed by atoms with Crippen LogP contribution in [0.3, 0.4) is 0 Å². The molecule has 0 radical (unpaired) electrons. The highest BCUT2D eigenvalue weighted by Gasteiger charge is 2.17. The van der Waals surface area contributed by atoms with Gasteiger partial charge in [-0.05, 0) is 25.0 Å². The van der Waals surface area contributed by atoms with Gasteiger partial charge in [-0.1, -0.05) is 19.9 Å². The Morgan fingerprint density at radius 3 is 3.00 bits per heavy atom. The van der Waals surface area contributed by atoms with Crippen molar-refractivity contribution < 1.29 is 9.13 Å². The largest absolute Gasteiger partial charge is 0.377 e. The summed E-state index contributed by atoms with van der Waals surface area (Å²) in [5.41, 5.74) is 0.777. The van der Waals surface area contributed by atoms with Crippen molar-refractivity contribution in [1.82, 2.24) is 5.32 Å². The van der Waals surface area contributed by atoms with Crippen molar-refractivity contribution in [2.24, 2.45) is 0 Å². The quantitative estimate of drug-likeness (QED) is 0.806. The van der Waals surface area contributed by atoms with Crippen LogP contribution >= 0.6 is 11.8 Å². The molecule has 1 unspecified atom stereocenters. The number of thioether (sulfide) groups is 1. The Balaban J connectivity index is 1.99. The molecule has 1 N–H and O–H groups in total. The van der Waals surface area contributed by atoms with Crippen molar-refractivity contribution in [3.8, 4) is 0 Å².